The van der Waals surface area contributed by atoms with Crippen molar-refractivity contribution in [3.05, 3.63) is 46.7 Å². The van der Waals surface area contributed by atoms with Gasteiger partial charge in [0.1, 0.15) is 0 Å². The van der Waals surface area contributed by atoms with E-state index < -0.39 is 0 Å². The molecular formula is C12H14ClN3. The zero-order valence-corrected chi connectivity index (χ0v) is 10.1. The molecule has 1 aromatic heterocycles. The van der Waals surface area contributed by atoms with Crippen LogP contribution in [0.4, 0.5) is 0 Å². The molecule has 0 amide bonds. The SMILES string of the molecule is CNCc1cccc(-n2cc(Cl)c(C)n2)c1. The molecule has 16 heavy (non-hydrogen) atoms. The molecule has 84 valence electrons. The van der Waals surface area contributed by atoms with Gasteiger partial charge in [0, 0.05) is 12.7 Å². The minimum absolute atomic E-state index is 0.694. The van der Waals surface area contributed by atoms with E-state index in [4.69, 9.17) is 11.6 Å². The van der Waals surface area contributed by atoms with E-state index >= 15 is 0 Å². The molecule has 0 saturated heterocycles. The van der Waals surface area contributed by atoms with Crippen LogP contribution in [0, 0.1) is 6.92 Å². The van der Waals surface area contributed by atoms with Gasteiger partial charge in [-0.3, -0.25) is 0 Å². The summed E-state index contributed by atoms with van der Waals surface area (Å²) >= 11 is 5.98. The summed E-state index contributed by atoms with van der Waals surface area (Å²) in [5.41, 5.74) is 3.10. The van der Waals surface area contributed by atoms with Crippen molar-refractivity contribution in [1.82, 2.24) is 15.1 Å². The molecule has 1 heterocycles. The highest BCUT2D eigenvalue weighted by Crippen LogP contribution is 2.17. The Balaban J connectivity index is 2.36. The normalized spacial score (nSPS) is 10.7. The monoisotopic (exact) mass is 235 g/mol. The summed E-state index contributed by atoms with van der Waals surface area (Å²) < 4.78 is 1.80. The van der Waals surface area contributed by atoms with Gasteiger partial charge in [0.15, 0.2) is 0 Å². The van der Waals surface area contributed by atoms with Crippen LogP contribution in [0.1, 0.15) is 11.3 Å². The number of hydrogen-bond donors (Lipinski definition) is 1. The van der Waals surface area contributed by atoms with Crippen molar-refractivity contribution in [2.75, 3.05) is 7.05 Å². The maximum atomic E-state index is 5.98. The van der Waals surface area contributed by atoms with Crippen LogP contribution in [0.2, 0.25) is 5.02 Å². The summed E-state index contributed by atoms with van der Waals surface area (Å²) in [6.45, 7) is 2.75. The van der Waals surface area contributed by atoms with Gasteiger partial charge in [-0.2, -0.15) is 5.10 Å². The number of aromatic nitrogens is 2. The lowest BCUT2D eigenvalue weighted by Crippen LogP contribution is -2.05. The average molecular weight is 236 g/mol. The lowest BCUT2D eigenvalue weighted by atomic mass is 10.2. The molecule has 0 aliphatic rings. The molecule has 0 saturated carbocycles. The highest BCUT2D eigenvalue weighted by Gasteiger charge is 2.04. The largest absolute Gasteiger partial charge is 0.316 e. The Morgan fingerprint density at radius 1 is 1.44 bits per heavy atom. The van der Waals surface area contributed by atoms with Crippen molar-refractivity contribution < 1.29 is 0 Å². The van der Waals surface area contributed by atoms with Gasteiger partial charge >= 0.3 is 0 Å². The van der Waals surface area contributed by atoms with E-state index in [1.165, 1.54) is 5.56 Å². The highest BCUT2D eigenvalue weighted by atomic mass is 35.5. The molecule has 0 radical (unpaired) electrons. The van der Waals surface area contributed by atoms with Gasteiger partial charge in [-0.05, 0) is 31.7 Å². The summed E-state index contributed by atoms with van der Waals surface area (Å²) in [5, 5.41) is 8.16. The number of rotatable bonds is 3. The lowest BCUT2D eigenvalue weighted by Gasteiger charge is -2.04. The van der Waals surface area contributed by atoms with E-state index in [1.54, 1.807) is 4.68 Å². The summed E-state index contributed by atoms with van der Waals surface area (Å²) in [6, 6.07) is 8.21. The predicted molar refractivity (Wildman–Crippen MR) is 66.1 cm³/mol. The van der Waals surface area contributed by atoms with Crippen LogP contribution in [-0.4, -0.2) is 16.8 Å². The molecule has 0 bridgehead atoms. The summed E-state index contributed by atoms with van der Waals surface area (Å²) in [4.78, 5) is 0. The number of nitrogens with one attached hydrogen (secondary N) is 1. The molecule has 4 heteroatoms. The average Bonchev–Trinajstić information content (AvgIpc) is 2.60. The third kappa shape index (κ3) is 2.26. The molecule has 1 aromatic carbocycles. The standard InChI is InChI=1S/C12H14ClN3/c1-9-12(13)8-16(15-9)11-5-3-4-10(6-11)7-14-2/h3-6,8,14H,7H2,1-2H3. The maximum Gasteiger partial charge on any atom is 0.0819 e. The van der Waals surface area contributed by atoms with Gasteiger partial charge < -0.3 is 5.32 Å². The Morgan fingerprint density at radius 3 is 2.88 bits per heavy atom. The second kappa shape index (κ2) is 4.68. The molecule has 0 aliphatic carbocycles. The summed E-state index contributed by atoms with van der Waals surface area (Å²) in [6.07, 6.45) is 1.83. The number of halogens is 1. The van der Waals surface area contributed by atoms with Gasteiger partial charge in [0.2, 0.25) is 0 Å². The van der Waals surface area contributed by atoms with E-state index in [9.17, 15) is 0 Å². The molecule has 0 atom stereocenters. The third-order valence-electron chi connectivity index (χ3n) is 2.40. The van der Waals surface area contributed by atoms with Crippen molar-refractivity contribution >= 4 is 11.6 Å². The number of benzene rings is 1. The minimum Gasteiger partial charge on any atom is -0.316 e. The number of hydrogen-bond acceptors (Lipinski definition) is 2. The molecule has 0 aliphatic heterocycles. The predicted octanol–water partition coefficient (Wildman–Crippen LogP) is 2.55. The maximum absolute atomic E-state index is 5.98. The third-order valence-corrected chi connectivity index (χ3v) is 2.77. The zero-order chi connectivity index (χ0) is 11.5. The van der Waals surface area contributed by atoms with Crippen molar-refractivity contribution in [2.45, 2.75) is 13.5 Å². The molecule has 1 N–H and O–H groups in total. The van der Waals surface area contributed by atoms with Crippen LogP contribution >= 0.6 is 11.6 Å². The summed E-state index contributed by atoms with van der Waals surface area (Å²) in [7, 11) is 1.93. The Kier molecular flexibility index (Phi) is 3.27. The van der Waals surface area contributed by atoms with Crippen LogP contribution in [0.5, 0.6) is 0 Å². The quantitative estimate of drug-likeness (QED) is 0.886. The Labute approximate surface area is 100 Å². The second-order valence-corrected chi connectivity index (χ2v) is 4.11. The van der Waals surface area contributed by atoms with Gasteiger partial charge in [-0.25, -0.2) is 4.68 Å². The van der Waals surface area contributed by atoms with Crippen LogP contribution in [0.15, 0.2) is 30.5 Å². The Hall–Kier alpha value is -1.32. The highest BCUT2D eigenvalue weighted by molar-refractivity contribution is 6.31. The molecule has 2 aromatic rings. The van der Waals surface area contributed by atoms with Crippen LogP contribution in [0.25, 0.3) is 5.69 Å². The second-order valence-electron chi connectivity index (χ2n) is 3.71. The van der Waals surface area contributed by atoms with Crippen LogP contribution in [0.3, 0.4) is 0 Å². The minimum atomic E-state index is 0.694. The topological polar surface area (TPSA) is 29.9 Å². The van der Waals surface area contributed by atoms with Crippen molar-refractivity contribution in [3.8, 4) is 5.69 Å². The first-order chi connectivity index (χ1) is 7.70. The Morgan fingerprint density at radius 2 is 2.25 bits per heavy atom. The van der Waals surface area contributed by atoms with E-state index in [0.29, 0.717) is 5.02 Å². The zero-order valence-electron chi connectivity index (χ0n) is 9.37. The van der Waals surface area contributed by atoms with Crippen molar-refractivity contribution in [1.29, 1.82) is 0 Å². The fraction of sp³-hybridized carbons (Fsp3) is 0.250. The fourth-order valence-corrected chi connectivity index (χ4v) is 1.71. The molecule has 3 nitrogen and oxygen atoms in total. The Bertz CT molecular complexity index is 471. The smallest absolute Gasteiger partial charge is 0.0819 e. The van der Waals surface area contributed by atoms with E-state index in [1.807, 2.05) is 32.3 Å². The van der Waals surface area contributed by atoms with Gasteiger partial charge in [0.05, 0.1) is 16.4 Å². The van der Waals surface area contributed by atoms with Crippen LogP contribution in [-0.2, 0) is 6.54 Å². The molecule has 0 unspecified atom stereocenters. The van der Waals surface area contributed by atoms with Gasteiger partial charge in [-0.15, -0.1) is 0 Å². The fourth-order valence-electron chi connectivity index (χ4n) is 1.58. The molecular weight excluding hydrogens is 222 g/mol. The first-order valence-electron chi connectivity index (χ1n) is 5.16. The number of nitrogens with zero attached hydrogens (tertiary/aromatic N) is 2. The molecule has 0 spiro atoms. The van der Waals surface area contributed by atoms with E-state index in [2.05, 4.69) is 22.5 Å². The molecule has 2 rings (SSSR count). The van der Waals surface area contributed by atoms with Crippen LogP contribution < -0.4 is 5.32 Å². The first kappa shape index (κ1) is 11.2. The number of aryl methyl sites for hydroxylation is 1. The van der Waals surface area contributed by atoms with Gasteiger partial charge in [-0.1, -0.05) is 23.7 Å². The summed E-state index contributed by atoms with van der Waals surface area (Å²) in [5.74, 6) is 0. The van der Waals surface area contributed by atoms with Crippen molar-refractivity contribution in [2.24, 2.45) is 0 Å². The first-order valence-corrected chi connectivity index (χ1v) is 5.54. The van der Waals surface area contributed by atoms with E-state index in [0.717, 1.165) is 17.9 Å². The van der Waals surface area contributed by atoms with Gasteiger partial charge in [0.25, 0.3) is 0 Å². The molecule has 0 fully saturated rings. The lowest BCUT2D eigenvalue weighted by molar-refractivity contribution is 0.810. The van der Waals surface area contributed by atoms with Crippen molar-refractivity contribution in [3.63, 3.8) is 0 Å². The van der Waals surface area contributed by atoms with E-state index in [-0.39, 0.29) is 0 Å².